The van der Waals surface area contributed by atoms with Gasteiger partial charge in [0.05, 0.1) is 6.61 Å². The summed E-state index contributed by atoms with van der Waals surface area (Å²) in [5.74, 6) is 0.998. The van der Waals surface area contributed by atoms with Crippen LogP contribution in [0.2, 0.25) is 0 Å². The van der Waals surface area contributed by atoms with Gasteiger partial charge in [-0.2, -0.15) is 9.97 Å². The first-order valence-corrected chi connectivity index (χ1v) is 4.48. The van der Waals surface area contributed by atoms with Crippen LogP contribution < -0.4 is 21.5 Å². The van der Waals surface area contributed by atoms with Gasteiger partial charge in [-0.1, -0.05) is 0 Å². The van der Waals surface area contributed by atoms with Crippen molar-refractivity contribution in [1.82, 2.24) is 9.97 Å². The number of hydrogen-bond acceptors (Lipinski definition) is 6. The van der Waals surface area contributed by atoms with Crippen molar-refractivity contribution in [1.29, 1.82) is 0 Å². The predicted octanol–water partition coefficient (Wildman–Crippen LogP) is 0.471. The Balaban J connectivity index is 3.04. The topological polar surface area (TPSA) is 99.1 Å². The van der Waals surface area contributed by atoms with Gasteiger partial charge in [-0.05, 0) is 13.8 Å². The standard InChI is InChI=1S/C8H15N5O/c1-3-11-6-5(9)7(14-4-2)13-8(10)12-6/h3-4,9H2,1-2H3,(H3,10,11,12,13). The first kappa shape index (κ1) is 10.4. The zero-order valence-electron chi connectivity index (χ0n) is 8.37. The van der Waals surface area contributed by atoms with Crippen LogP contribution in [0.1, 0.15) is 13.8 Å². The maximum absolute atomic E-state index is 5.76. The van der Waals surface area contributed by atoms with E-state index in [4.69, 9.17) is 16.2 Å². The van der Waals surface area contributed by atoms with Crippen molar-refractivity contribution in [3.63, 3.8) is 0 Å². The number of nitrogens with one attached hydrogen (secondary N) is 1. The molecule has 0 radical (unpaired) electrons. The summed E-state index contributed by atoms with van der Waals surface area (Å²) in [5.41, 5.74) is 11.6. The second-order valence-corrected chi connectivity index (χ2v) is 2.61. The number of anilines is 3. The number of hydrogen-bond donors (Lipinski definition) is 3. The molecule has 0 atom stereocenters. The van der Waals surface area contributed by atoms with Crippen LogP contribution in [0.25, 0.3) is 0 Å². The van der Waals surface area contributed by atoms with Crippen molar-refractivity contribution in [2.24, 2.45) is 0 Å². The molecule has 0 saturated carbocycles. The molecule has 78 valence electrons. The second-order valence-electron chi connectivity index (χ2n) is 2.61. The summed E-state index contributed by atoms with van der Waals surface area (Å²) in [4.78, 5) is 7.84. The molecule has 0 aliphatic rings. The molecule has 0 fully saturated rings. The third kappa shape index (κ3) is 2.15. The summed E-state index contributed by atoms with van der Waals surface area (Å²) in [6.45, 7) is 5.00. The molecule has 6 nitrogen and oxygen atoms in total. The monoisotopic (exact) mass is 197 g/mol. The lowest BCUT2D eigenvalue weighted by atomic mass is 10.4. The minimum atomic E-state index is 0.151. The van der Waals surface area contributed by atoms with Gasteiger partial charge in [0.25, 0.3) is 0 Å². The largest absolute Gasteiger partial charge is 0.476 e. The van der Waals surface area contributed by atoms with Crippen LogP contribution in [0.5, 0.6) is 5.88 Å². The average Bonchev–Trinajstić information content (AvgIpc) is 2.14. The van der Waals surface area contributed by atoms with Crippen molar-refractivity contribution < 1.29 is 4.74 Å². The van der Waals surface area contributed by atoms with Crippen molar-refractivity contribution in [3.05, 3.63) is 0 Å². The average molecular weight is 197 g/mol. The van der Waals surface area contributed by atoms with Gasteiger partial charge in [-0.15, -0.1) is 0 Å². The predicted molar refractivity (Wildman–Crippen MR) is 56.2 cm³/mol. The van der Waals surface area contributed by atoms with E-state index < -0.39 is 0 Å². The Morgan fingerprint density at radius 1 is 1.29 bits per heavy atom. The number of aromatic nitrogens is 2. The lowest BCUT2D eigenvalue weighted by Gasteiger charge is -2.10. The number of nitrogen functional groups attached to an aromatic ring is 2. The lowest BCUT2D eigenvalue weighted by molar-refractivity contribution is 0.329. The van der Waals surface area contributed by atoms with E-state index in [-0.39, 0.29) is 5.95 Å². The van der Waals surface area contributed by atoms with Gasteiger partial charge < -0.3 is 21.5 Å². The third-order valence-corrected chi connectivity index (χ3v) is 1.55. The van der Waals surface area contributed by atoms with Crippen LogP contribution >= 0.6 is 0 Å². The van der Waals surface area contributed by atoms with Crippen LogP contribution in [0.4, 0.5) is 17.5 Å². The molecule has 1 heterocycles. The van der Waals surface area contributed by atoms with Crippen LogP contribution in [-0.4, -0.2) is 23.1 Å². The molecule has 0 aliphatic carbocycles. The zero-order chi connectivity index (χ0) is 10.6. The number of nitrogens with two attached hydrogens (primary N) is 2. The fraction of sp³-hybridized carbons (Fsp3) is 0.500. The van der Waals surface area contributed by atoms with E-state index in [9.17, 15) is 0 Å². The van der Waals surface area contributed by atoms with Crippen LogP contribution in [0.15, 0.2) is 0 Å². The minimum Gasteiger partial charge on any atom is -0.476 e. The number of rotatable bonds is 4. The molecule has 0 aromatic carbocycles. The smallest absolute Gasteiger partial charge is 0.244 e. The summed E-state index contributed by atoms with van der Waals surface area (Å²) < 4.78 is 5.21. The molecule has 1 rings (SSSR count). The highest BCUT2D eigenvalue weighted by molar-refractivity contribution is 5.68. The Morgan fingerprint density at radius 2 is 2.00 bits per heavy atom. The minimum absolute atomic E-state index is 0.151. The van der Waals surface area contributed by atoms with Gasteiger partial charge in [0, 0.05) is 6.54 Å². The van der Waals surface area contributed by atoms with E-state index in [2.05, 4.69) is 15.3 Å². The van der Waals surface area contributed by atoms with E-state index >= 15 is 0 Å². The Kier molecular flexibility index (Phi) is 3.33. The van der Waals surface area contributed by atoms with Gasteiger partial charge in [0.15, 0.2) is 5.82 Å². The maximum atomic E-state index is 5.76. The highest BCUT2D eigenvalue weighted by Crippen LogP contribution is 2.26. The fourth-order valence-electron chi connectivity index (χ4n) is 1.01. The Hall–Kier alpha value is -1.72. The van der Waals surface area contributed by atoms with E-state index in [1.807, 2.05) is 13.8 Å². The summed E-state index contributed by atoms with van der Waals surface area (Å²) in [7, 11) is 0. The Labute approximate surface area is 82.7 Å². The molecule has 1 aromatic rings. The summed E-state index contributed by atoms with van der Waals surface area (Å²) in [6, 6.07) is 0. The molecule has 0 spiro atoms. The first-order chi connectivity index (χ1) is 6.69. The molecule has 0 aliphatic heterocycles. The molecule has 0 unspecified atom stereocenters. The molecule has 1 aromatic heterocycles. The quantitative estimate of drug-likeness (QED) is 0.649. The molecule has 6 heteroatoms. The van der Waals surface area contributed by atoms with Gasteiger partial charge in [-0.25, -0.2) is 0 Å². The molecular weight excluding hydrogens is 182 g/mol. The summed E-state index contributed by atoms with van der Waals surface area (Å²) in [6.07, 6.45) is 0. The molecule has 0 amide bonds. The lowest BCUT2D eigenvalue weighted by Crippen LogP contribution is -2.10. The van der Waals surface area contributed by atoms with Gasteiger partial charge >= 0.3 is 0 Å². The third-order valence-electron chi connectivity index (χ3n) is 1.55. The van der Waals surface area contributed by atoms with Gasteiger partial charge in [-0.3, -0.25) is 0 Å². The molecule has 0 saturated heterocycles. The Bertz CT molecular complexity index is 288. The van der Waals surface area contributed by atoms with Crippen molar-refractivity contribution in [2.45, 2.75) is 13.8 Å². The van der Waals surface area contributed by atoms with Gasteiger partial charge in [0.2, 0.25) is 11.8 Å². The summed E-state index contributed by atoms with van der Waals surface area (Å²) in [5, 5.41) is 2.98. The Morgan fingerprint density at radius 3 is 2.57 bits per heavy atom. The van der Waals surface area contributed by atoms with E-state index in [0.717, 1.165) is 0 Å². The summed E-state index contributed by atoms with van der Waals surface area (Å²) >= 11 is 0. The highest BCUT2D eigenvalue weighted by Gasteiger charge is 2.10. The first-order valence-electron chi connectivity index (χ1n) is 4.48. The van der Waals surface area contributed by atoms with E-state index in [1.165, 1.54) is 0 Å². The van der Waals surface area contributed by atoms with Gasteiger partial charge in [0.1, 0.15) is 5.69 Å². The highest BCUT2D eigenvalue weighted by atomic mass is 16.5. The normalized spacial score (nSPS) is 9.86. The fourth-order valence-corrected chi connectivity index (χ4v) is 1.01. The molecule has 14 heavy (non-hydrogen) atoms. The van der Waals surface area contributed by atoms with Crippen LogP contribution in [0, 0.1) is 0 Å². The number of nitrogens with zero attached hydrogens (tertiary/aromatic N) is 2. The van der Waals surface area contributed by atoms with Crippen molar-refractivity contribution >= 4 is 17.5 Å². The van der Waals surface area contributed by atoms with E-state index in [1.54, 1.807) is 0 Å². The van der Waals surface area contributed by atoms with Crippen LogP contribution in [0.3, 0.4) is 0 Å². The second kappa shape index (κ2) is 4.50. The van der Waals surface area contributed by atoms with Crippen LogP contribution in [-0.2, 0) is 0 Å². The zero-order valence-corrected chi connectivity index (χ0v) is 8.37. The van der Waals surface area contributed by atoms with Crippen molar-refractivity contribution in [2.75, 3.05) is 29.9 Å². The van der Waals surface area contributed by atoms with E-state index in [0.29, 0.717) is 30.5 Å². The number of ether oxygens (including phenoxy) is 1. The SMILES string of the molecule is CCNc1nc(N)nc(OCC)c1N. The maximum Gasteiger partial charge on any atom is 0.244 e. The molecule has 0 bridgehead atoms. The van der Waals surface area contributed by atoms with Crippen molar-refractivity contribution in [3.8, 4) is 5.88 Å². The molecular formula is C8H15N5O. The molecule has 5 N–H and O–H groups in total.